The van der Waals surface area contributed by atoms with E-state index in [-0.39, 0.29) is 11.9 Å². The number of carbonyl (C=O) groups is 1. The van der Waals surface area contributed by atoms with Crippen LogP contribution in [0.25, 0.3) is 0 Å². The molecule has 3 nitrogen and oxygen atoms in total. The highest BCUT2D eigenvalue weighted by Gasteiger charge is 2.07. The van der Waals surface area contributed by atoms with Gasteiger partial charge < -0.3 is 4.74 Å². The molecule has 0 aliphatic heterocycles. The molecule has 0 radical (unpaired) electrons. The first-order valence-electron chi connectivity index (χ1n) is 5.85. The maximum atomic E-state index is 11.1. The summed E-state index contributed by atoms with van der Waals surface area (Å²) in [4.78, 5) is 15.2. The van der Waals surface area contributed by atoms with Crippen molar-refractivity contribution in [2.45, 2.75) is 20.0 Å². The van der Waals surface area contributed by atoms with E-state index in [9.17, 15) is 4.79 Å². The average Bonchev–Trinajstić information content (AvgIpc) is 2.40. The van der Waals surface area contributed by atoms with E-state index in [1.54, 1.807) is 12.1 Å². The number of rotatable bonds is 4. The monoisotopic (exact) mass is 241 g/mol. The van der Waals surface area contributed by atoms with E-state index in [2.05, 4.69) is 4.98 Å². The van der Waals surface area contributed by atoms with Crippen molar-refractivity contribution in [1.82, 2.24) is 4.98 Å². The summed E-state index contributed by atoms with van der Waals surface area (Å²) in [5.74, 6) is 0.529. The zero-order valence-electron chi connectivity index (χ0n) is 10.5. The van der Waals surface area contributed by atoms with Crippen LogP contribution in [0.4, 0.5) is 0 Å². The van der Waals surface area contributed by atoms with E-state index >= 15 is 0 Å². The molecular formula is C15H15NO2. The first kappa shape index (κ1) is 12.3. The Hall–Kier alpha value is -2.16. The fourth-order valence-electron chi connectivity index (χ4n) is 1.63. The van der Waals surface area contributed by atoms with Crippen LogP contribution in [-0.2, 0) is 0 Å². The van der Waals surface area contributed by atoms with Gasteiger partial charge in [0.25, 0.3) is 0 Å². The van der Waals surface area contributed by atoms with E-state index < -0.39 is 0 Å². The topological polar surface area (TPSA) is 39.2 Å². The third-order valence-corrected chi connectivity index (χ3v) is 2.71. The quantitative estimate of drug-likeness (QED) is 0.770. The van der Waals surface area contributed by atoms with Crippen molar-refractivity contribution in [3.8, 4) is 5.88 Å². The lowest BCUT2D eigenvalue weighted by atomic mass is 10.1. The van der Waals surface area contributed by atoms with Gasteiger partial charge in [0.1, 0.15) is 6.10 Å². The summed E-state index contributed by atoms with van der Waals surface area (Å²) in [6.45, 7) is 3.49. The van der Waals surface area contributed by atoms with Gasteiger partial charge in [-0.15, -0.1) is 0 Å². The molecule has 1 aromatic heterocycles. The Bertz CT molecular complexity index is 520. The van der Waals surface area contributed by atoms with Crippen molar-refractivity contribution >= 4 is 5.78 Å². The van der Waals surface area contributed by atoms with Crippen LogP contribution in [0.2, 0.25) is 0 Å². The van der Waals surface area contributed by atoms with Gasteiger partial charge in [0.15, 0.2) is 5.78 Å². The average molecular weight is 241 g/mol. The normalized spacial score (nSPS) is 11.9. The van der Waals surface area contributed by atoms with Crippen molar-refractivity contribution in [1.29, 1.82) is 0 Å². The van der Waals surface area contributed by atoms with Gasteiger partial charge >= 0.3 is 0 Å². The van der Waals surface area contributed by atoms with Gasteiger partial charge in [-0.25, -0.2) is 4.98 Å². The maximum absolute atomic E-state index is 11.1. The van der Waals surface area contributed by atoms with Crippen LogP contribution in [-0.4, -0.2) is 10.8 Å². The fourth-order valence-corrected chi connectivity index (χ4v) is 1.63. The molecule has 0 bridgehead atoms. The predicted octanol–water partition coefficient (Wildman–Crippen LogP) is 3.42. The molecule has 0 aliphatic rings. The summed E-state index contributed by atoms with van der Waals surface area (Å²) in [6.07, 6.45) is 1.47. The summed E-state index contributed by atoms with van der Waals surface area (Å²) < 4.78 is 5.71. The summed E-state index contributed by atoms with van der Waals surface area (Å²) >= 11 is 0. The van der Waals surface area contributed by atoms with Gasteiger partial charge in [-0.2, -0.15) is 0 Å². The Kier molecular flexibility index (Phi) is 3.72. The summed E-state index contributed by atoms with van der Waals surface area (Å²) in [6, 6.07) is 13.4. The number of ketones is 1. The minimum atomic E-state index is -0.0677. The molecule has 1 aromatic carbocycles. The number of carbonyl (C=O) groups excluding carboxylic acids is 1. The van der Waals surface area contributed by atoms with Crippen LogP contribution in [0.1, 0.15) is 35.9 Å². The van der Waals surface area contributed by atoms with Gasteiger partial charge in [0, 0.05) is 17.8 Å². The number of nitrogens with zero attached hydrogens (tertiary/aromatic N) is 1. The number of pyridine rings is 1. The van der Waals surface area contributed by atoms with Crippen molar-refractivity contribution in [2.75, 3.05) is 0 Å². The van der Waals surface area contributed by atoms with Crippen molar-refractivity contribution in [3.63, 3.8) is 0 Å². The zero-order valence-corrected chi connectivity index (χ0v) is 10.5. The molecule has 92 valence electrons. The molecular weight excluding hydrogens is 226 g/mol. The molecule has 0 N–H and O–H groups in total. The maximum Gasteiger partial charge on any atom is 0.213 e. The first-order valence-corrected chi connectivity index (χ1v) is 5.85. The van der Waals surface area contributed by atoms with E-state index in [0.29, 0.717) is 11.4 Å². The van der Waals surface area contributed by atoms with E-state index in [0.717, 1.165) is 5.56 Å². The van der Waals surface area contributed by atoms with Crippen LogP contribution in [0, 0.1) is 0 Å². The van der Waals surface area contributed by atoms with Crippen LogP contribution in [0.15, 0.2) is 48.7 Å². The second-order valence-corrected chi connectivity index (χ2v) is 4.11. The van der Waals surface area contributed by atoms with Crippen LogP contribution in [0.3, 0.4) is 0 Å². The molecule has 0 saturated heterocycles. The Labute approximate surface area is 106 Å². The molecule has 3 heteroatoms. The third kappa shape index (κ3) is 2.94. The molecule has 0 fully saturated rings. The Morgan fingerprint density at radius 2 is 1.89 bits per heavy atom. The summed E-state index contributed by atoms with van der Waals surface area (Å²) in [7, 11) is 0. The lowest BCUT2D eigenvalue weighted by Gasteiger charge is -2.14. The molecule has 2 aromatic rings. The first-order chi connectivity index (χ1) is 8.66. The van der Waals surface area contributed by atoms with E-state index in [1.165, 1.54) is 13.1 Å². The molecule has 1 heterocycles. The predicted molar refractivity (Wildman–Crippen MR) is 69.7 cm³/mol. The van der Waals surface area contributed by atoms with Gasteiger partial charge in [-0.05, 0) is 25.5 Å². The van der Waals surface area contributed by atoms with Crippen LogP contribution < -0.4 is 4.74 Å². The zero-order chi connectivity index (χ0) is 13.0. The molecule has 1 unspecified atom stereocenters. The lowest BCUT2D eigenvalue weighted by Crippen LogP contribution is -2.04. The van der Waals surface area contributed by atoms with Crippen LogP contribution >= 0.6 is 0 Å². The fraction of sp³-hybridized carbons (Fsp3) is 0.200. The largest absolute Gasteiger partial charge is 0.470 e. The second-order valence-electron chi connectivity index (χ2n) is 4.11. The van der Waals surface area contributed by atoms with Gasteiger partial charge in [-0.1, -0.05) is 30.3 Å². The Morgan fingerprint density at radius 1 is 1.17 bits per heavy atom. The standard InChI is InChI=1S/C15H15NO2/c1-11(17)14-8-9-15(16-10-14)18-12(2)13-6-4-3-5-7-13/h3-10,12H,1-2H3. The highest BCUT2D eigenvalue weighted by molar-refractivity contribution is 5.93. The van der Waals surface area contributed by atoms with Crippen molar-refractivity contribution in [3.05, 3.63) is 59.8 Å². The summed E-state index contributed by atoms with van der Waals surface area (Å²) in [5, 5.41) is 0. The molecule has 2 rings (SSSR count). The number of hydrogen-bond donors (Lipinski definition) is 0. The van der Waals surface area contributed by atoms with Gasteiger partial charge in [0.2, 0.25) is 5.88 Å². The lowest BCUT2D eigenvalue weighted by molar-refractivity contribution is 0.101. The van der Waals surface area contributed by atoms with Crippen molar-refractivity contribution in [2.24, 2.45) is 0 Å². The highest BCUT2D eigenvalue weighted by atomic mass is 16.5. The number of Topliss-reactive ketones (excluding diaryl/α,β-unsaturated/α-hetero) is 1. The smallest absolute Gasteiger partial charge is 0.213 e. The van der Waals surface area contributed by atoms with Crippen molar-refractivity contribution < 1.29 is 9.53 Å². The third-order valence-electron chi connectivity index (χ3n) is 2.71. The summed E-state index contributed by atoms with van der Waals surface area (Å²) in [5.41, 5.74) is 1.68. The SMILES string of the molecule is CC(=O)c1ccc(OC(C)c2ccccc2)nc1. The minimum Gasteiger partial charge on any atom is -0.470 e. The minimum absolute atomic E-state index is 0.00478. The van der Waals surface area contributed by atoms with Gasteiger partial charge in [0.05, 0.1) is 0 Å². The Morgan fingerprint density at radius 3 is 2.44 bits per heavy atom. The number of hydrogen-bond acceptors (Lipinski definition) is 3. The number of aromatic nitrogens is 1. The van der Waals surface area contributed by atoms with Gasteiger partial charge in [-0.3, -0.25) is 4.79 Å². The van der Waals surface area contributed by atoms with E-state index in [1.807, 2.05) is 37.3 Å². The Balaban J connectivity index is 2.08. The number of ether oxygens (including phenoxy) is 1. The molecule has 1 atom stereocenters. The second kappa shape index (κ2) is 5.45. The molecule has 18 heavy (non-hydrogen) atoms. The van der Waals surface area contributed by atoms with E-state index in [4.69, 9.17) is 4.74 Å². The molecule has 0 saturated carbocycles. The number of benzene rings is 1. The molecule has 0 aliphatic carbocycles. The molecule has 0 amide bonds. The molecule has 0 spiro atoms. The highest BCUT2D eigenvalue weighted by Crippen LogP contribution is 2.19. The van der Waals surface area contributed by atoms with Crippen LogP contribution in [0.5, 0.6) is 5.88 Å².